The van der Waals surface area contributed by atoms with Gasteiger partial charge in [0.1, 0.15) is 11.3 Å². The summed E-state index contributed by atoms with van der Waals surface area (Å²) in [6, 6.07) is 9.74. The number of carbonyl (C=O) groups is 1. The molecule has 0 unspecified atom stereocenters. The molecule has 0 spiro atoms. The number of hydrogen-bond acceptors (Lipinski definition) is 5. The third-order valence-electron chi connectivity index (χ3n) is 3.79. The van der Waals surface area contributed by atoms with Gasteiger partial charge in [0.15, 0.2) is 5.75 Å². The fourth-order valence-corrected chi connectivity index (χ4v) is 2.63. The van der Waals surface area contributed by atoms with Crippen LogP contribution in [-0.4, -0.2) is 27.3 Å². The van der Waals surface area contributed by atoms with Crippen molar-refractivity contribution < 1.29 is 14.5 Å². The van der Waals surface area contributed by atoms with E-state index in [4.69, 9.17) is 4.74 Å². The van der Waals surface area contributed by atoms with Crippen molar-refractivity contribution in [1.82, 2.24) is 9.38 Å². The summed E-state index contributed by atoms with van der Waals surface area (Å²) in [5, 5.41) is 13.8. The zero-order chi connectivity index (χ0) is 18.0. The number of ether oxygens (including phenoxy) is 1. The summed E-state index contributed by atoms with van der Waals surface area (Å²) in [6.45, 7) is 1.91. The Morgan fingerprint density at radius 1 is 1.36 bits per heavy atom. The van der Waals surface area contributed by atoms with Crippen LogP contribution in [0.15, 0.2) is 42.6 Å². The number of hydrogen-bond donors (Lipinski definition) is 1. The zero-order valence-corrected chi connectivity index (χ0v) is 13.7. The normalized spacial score (nSPS) is 10.6. The molecule has 3 rings (SSSR count). The van der Waals surface area contributed by atoms with Gasteiger partial charge in [-0.2, -0.15) is 0 Å². The number of methoxy groups -OCH3 is 1. The minimum absolute atomic E-state index is 0.132. The molecule has 0 fully saturated rings. The number of rotatable bonds is 5. The molecule has 2 aromatic heterocycles. The van der Waals surface area contributed by atoms with Gasteiger partial charge in [0.05, 0.1) is 17.7 Å². The van der Waals surface area contributed by atoms with E-state index in [2.05, 4.69) is 10.3 Å². The fraction of sp³-hybridized carbons (Fsp3) is 0.176. The van der Waals surface area contributed by atoms with Gasteiger partial charge in [-0.1, -0.05) is 13.0 Å². The molecule has 1 amide bonds. The molecule has 0 saturated carbocycles. The van der Waals surface area contributed by atoms with E-state index in [1.54, 1.807) is 16.7 Å². The summed E-state index contributed by atoms with van der Waals surface area (Å²) >= 11 is 0. The highest BCUT2D eigenvalue weighted by Gasteiger charge is 2.20. The summed E-state index contributed by atoms with van der Waals surface area (Å²) in [6.07, 6.45) is 2.35. The number of pyridine rings is 1. The second kappa shape index (κ2) is 6.60. The van der Waals surface area contributed by atoms with Gasteiger partial charge >= 0.3 is 5.69 Å². The number of benzene rings is 1. The third-order valence-corrected chi connectivity index (χ3v) is 3.79. The molecule has 0 aliphatic heterocycles. The summed E-state index contributed by atoms with van der Waals surface area (Å²) in [7, 11) is 1.35. The molecule has 0 bridgehead atoms. The van der Waals surface area contributed by atoms with Gasteiger partial charge in [0.25, 0.3) is 5.91 Å². The second-order valence-electron chi connectivity index (χ2n) is 5.29. The number of carbonyl (C=O) groups excluding carboxylic acids is 1. The van der Waals surface area contributed by atoms with E-state index in [1.807, 2.05) is 25.1 Å². The topological polar surface area (TPSA) is 98.8 Å². The predicted octanol–water partition coefficient (Wildman–Crippen LogP) is 3.07. The molecule has 128 valence electrons. The molecule has 8 heteroatoms. The predicted molar refractivity (Wildman–Crippen MR) is 92.2 cm³/mol. The number of nitrogens with one attached hydrogen (secondary N) is 1. The monoisotopic (exact) mass is 340 g/mol. The molecule has 0 aliphatic rings. The molecule has 0 radical (unpaired) electrons. The molecule has 0 atom stereocenters. The van der Waals surface area contributed by atoms with Crippen molar-refractivity contribution in [2.24, 2.45) is 0 Å². The Hall–Kier alpha value is -3.42. The lowest BCUT2D eigenvalue weighted by Crippen LogP contribution is -2.16. The van der Waals surface area contributed by atoms with Crippen molar-refractivity contribution in [2.45, 2.75) is 13.3 Å². The van der Waals surface area contributed by atoms with Crippen LogP contribution in [-0.2, 0) is 6.42 Å². The molecule has 8 nitrogen and oxygen atoms in total. The largest absolute Gasteiger partial charge is 0.490 e. The standard InChI is InChI=1S/C17H16N4O4/c1-3-12-16(20-9-5-4-6-15(20)19-12)17(22)18-11-7-8-14(25-2)13(10-11)21(23)24/h4-10H,3H2,1-2H3,(H,18,22). The number of anilines is 1. The van der Waals surface area contributed by atoms with Gasteiger partial charge in [-0.05, 0) is 30.7 Å². The van der Waals surface area contributed by atoms with Crippen molar-refractivity contribution in [3.05, 3.63) is 64.1 Å². The highest BCUT2D eigenvalue weighted by molar-refractivity contribution is 6.04. The molecule has 0 aliphatic carbocycles. The van der Waals surface area contributed by atoms with Crippen LogP contribution in [0.5, 0.6) is 5.75 Å². The van der Waals surface area contributed by atoms with Gasteiger partial charge in [0, 0.05) is 18.0 Å². The van der Waals surface area contributed by atoms with Crippen molar-refractivity contribution >= 4 is 22.9 Å². The molecule has 2 heterocycles. The summed E-state index contributed by atoms with van der Waals surface area (Å²) in [5.74, 6) is -0.248. The Morgan fingerprint density at radius 2 is 2.16 bits per heavy atom. The number of amides is 1. The van der Waals surface area contributed by atoms with Crippen molar-refractivity contribution in [3.8, 4) is 5.75 Å². The van der Waals surface area contributed by atoms with Gasteiger partial charge in [-0.15, -0.1) is 0 Å². The first-order chi connectivity index (χ1) is 12.0. The molecular formula is C17H16N4O4. The maximum atomic E-state index is 12.7. The minimum Gasteiger partial charge on any atom is -0.490 e. The smallest absolute Gasteiger partial charge is 0.312 e. The third kappa shape index (κ3) is 3.01. The number of aromatic nitrogens is 2. The van der Waals surface area contributed by atoms with E-state index >= 15 is 0 Å². The SMILES string of the molecule is CCc1nc2ccccn2c1C(=O)Nc1ccc(OC)c([N+](=O)[O-])c1. The summed E-state index contributed by atoms with van der Waals surface area (Å²) in [5.41, 5.74) is 1.84. The number of nitro benzene ring substituents is 1. The lowest BCUT2D eigenvalue weighted by Gasteiger charge is -2.08. The molecule has 1 aromatic carbocycles. The highest BCUT2D eigenvalue weighted by Crippen LogP contribution is 2.30. The van der Waals surface area contributed by atoms with Gasteiger partial charge in [0.2, 0.25) is 0 Å². The Bertz CT molecular complexity index is 964. The van der Waals surface area contributed by atoms with Crippen LogP contribution < -0.4 is 10.1 Å². The highest BCUT2D eigenvalue weighted by atomic mass is 16.6. The van der Waals surface area contributed by atoms with E-state index in [9.17, 15) is 14.9 Å². The van der Waals surface area contributed by atoms with E-state index in [1.165, 1.54) is 19.2 Å². The average molecular weight is 340 g/mol. The van der Waals surface area contributed by atoms with Crippen LogP contribution in [0.4, 0.5) is 11.4 Å². The quantitative estimate of drug-likeness (QED) is 0.568. The molecule has 25 heavy (non-hydrogen) atoms. The second-order valence-corrected chi connectivity index (χ2v) is 5.29. The first-order valence-corrected chi connectivity index (χ1v) is 7.65. The van der Waals surface area contributed by atoms with E-state index in [0.29, 0.717) is 29.1 Å². The van der Waals surface area contributed by atoms with Crippen LogP contribution >= 0.6 is 0 Å². The fourth-order valence-electron chi connectivity index (χ4n) is 2.63. The number of nitrogens with zero attached hydrogens (tertiary/aromatic N) is 3. The summed E-state index contributed by atoms with van der Waals surface area (Å²) < 4.78 is 6.67. The van der Waals surface area contributed by atoms with Gasteiger partial charge in [-0.3, -0.25) is 19.3 Å². The van der Waals surface area contributed by atoms with E-state index in [-0.39, 0.29) is 17.3 Å². The van der Waals surface area contributed by atoms with E-state index in [0.717, 1.165) is 0 Å². The van der Waals surface area contributed by atoms with Crippen LogP contribution in [0.2, 0.25) is 0 Å². The summed E-state index contributed by atoms with van der Waals surface area (Å²) in [4.78, 5) is 27.7. The van der Waals surface area contributed by atoms with Crippen molar-refractivity contribution in [1.29, 1.82) is 0 Å². The number of nitro groups is 1. The number of aryl methyl sites for hydroxylation is 1. The van der Waals surface area contributed by atoms with Crippen LogP contribution in [0.3, 0.4) is 0 Å². The van der Waals surface area contributed by atoms with Crippen LogP contribution in [0.25, 0.3) is 5.65 Å². The number of imidazole rings is 1. The lowest BCUT2D eigenvalue weighted by atomic mass is 10.2. The maximum absolute atomic E-state index is 12.7. The average Bonchev–Trinajstić information content (AvgIpc) is 3.00. The lowest BCUT2D eigenvalue weighted by molar-refractivity contribution is -0.385. The van der Waals surface area contributed by atoms with Crippen LogP contribution in [0, 0.1) is 10.1 Å². The van der Waals surface area contributed by atoms with Crippen molar-refractivity contribution in [3.63, 3.8) is 0 Å². The maximum Gasteiger partial charge on any atom is 0.312 e. The number of fused-ring (bicyclic) bond motifs is 1. The Morgan fingerprint density at radius 3 is 2.84 bits per heavy atom. The van der Waals surface area contributed by atoms with Crippen molar-refractivity contribution in [2.75, 3.05) is 12.4 Å². The molecule has 1 N–H and O–H groups in total. The Kier molecular flexibility index (Phi) is 4.34. The Labute approximate surface area is 143 Å². The molecular weight excluding hydrogens is 324 g/mol. The van der Waals surface area contributed by atoms with E-state index < -0.39 is 4.92 Å². The van der Waals surface area contributed by atoms with Gasteiger partial charge < -0.3 is 10.1 Å². The minimum atomic E-state index is -0.555. The molecule has 3 aromatic rings. The van der Waals surface area contributed by atoms with Gasteiger partial charge in [-0.25, -0.2) is 4.98 Å². The molecule has 0 saturated heterocycles. The first kappa shape index (κ1) is 16.4. The zero-order valence-electron chi connectivity index (χ0n) is 13.7. The van der Waals surface area contributed by atoms with Crippen LogP contribution in [0.1, 0.15) is 23.1 Å². The Balaban J connectivity index is 1.98. The first-order valence-electron chi connectivity index (χ1n) is 7.65.